The predicted molar refractivity (Wildman–Crippen MR) is 84.0 cm³/mol. The first-order chi connectivity index (χ1) is 9.93. The minimum absolute atomic E-state index is 0.00162. The molecule has 7 heteroatoms. The van der Waals surface area contributed by atoms with Crippen LogP contribution in [0.3, 0.4) is 0 Å². The first-order valence-corrected chi connectivity index (χ1v) is 7.15. The third-order valence-electron chi connectivity index (χ3n) is 3.04. The Morgan fingerprint density at radius 3 is 2.67 bits per heavy atom. The fraction of sp³-hybridized carbons (Fsp3) is 0.286. The predicted octanol–water partition coefficient (Wildman–Crippen LogP) is 1.17. The molecule has 1 aromatic rings. The number of carbonyl (C=O) groups excluding carboxylic acids is 2. The van der Waals surface area contributed by atoms with Crippen LogP contribution >= 0.6 is 15.9 Å². The molecule has 2 N–H and O–H groups in total. The van der Waals surface area contributed by atoms with Gasteiger partial charge in [0.2, 0.25) is 0 Å². The highest BCUT2D eigenvalue weighted by atomic mass is 79.9. The number of hydrogen-bond donors (Lipinski definition) is 2. The molecule has 2 rings (SSSR count). The molecular formula is C14H16BrN3O3. The van der Waals surface area contributed by atoms with Gasteiger partial charge in [0.1, 0.15) is 5.70 Å². The van der Waals surface area contributed by atoms with E-state index in [1.807, 2.05) is 37.2 Å². The molecule has 1 heterocycles. The molecule has 0 spiro atoms. The molecule has 112 valence electrons. The van der Waals surface area contributed by atoms with Gasteiger partial charge in [-0.05, 0) is 18.2 Å². The van der Waals surface area contributed by atoms with Gasteiger partial charge >= 0.3 is 0 Å². The molecular weight excluding hydrogens is 338 g/mol. The van der Waals surface area contributed by atoms with Crippen molar-refractivity contribution in [1.82, 2.24) is 4.90 Å². The smallest absolute Gasteiger partial charge is 0.277 e. The number of aliphatic hydroxyl groups is 1. The summed E-state index contributed by atoms with van der Waals surface area (Å²) < 4.78 is 0.861. The fourth-order valence-electron chi connectivity index (χ4n) is 2.05. The van der Waals surface area contributed by atoms with Crippen LogP contribution in [0.4, 0.5) is 11.4 Å². The average Bonchev–Trinajstić information content (AvgIpc) is 2.67. The van der Waals surface area contributed by atoms with Crippen molar-refractivity contribution >= 4 is 39.1 Å². The van der Waals surface area contributed by atoms with Crippen molar-refractivity contribution in [2.45, 2.75) is 0 Å². The maximum Gasteiger partial charge on any atom is 0.277 e. The van der Waals surface area contributed by atoms with Gasteiger partial charge in [-0.2, -0.15) is 0 Å². The summed E-state index contributed by atoms with van der Waals surface area (Å²) >= 11 is 3.39. The Labute approximate surface area is 131 Å². The molecule has 0 radical (unpaired) electrons. The summed E-state index contributed by atoms with van der Waals surface area (Å²) in [6.45, 7) is -0.253. The molecule has 0 unspecified atom stereocenters. The number of carbonyl (C=O) groups is 2. The molecule has 0 bridgehead atoms. The second kappa shape index (κ2) is 6.28. The SMILES string of the molecule is CN(C)c1ccc(Br)cc1NC1=CC(=O)N(CCO)C1=O. The molecule has 0 saturated heterocycles. The van der Waals surface area contributed by atoms with Crippen LogP contribution in [-0.4, -0.2) is 49.1 Å². The molecule has 0 fully saturated rings. The number of benzene rings is 1. The van der Waals surface area contributed by atoms with E-state index in [1.165, 1.54) is 6.08 Å². The number of halogens is 1. The van der Waals surface area contributed by atoms with Crippen LogP contribution in [0.2, 0.25) is 0 Å². The van der Waals surface area contributed by atoms with Crippen LogP contribution in [-0.2, 0) is 9.59 Å². The highest BCUT2D eigenvalue weighted by molar-refractivity contribution is 9.10. The first kappa shape index (κ1) is 15.5. The first-order valence-electron chi connectivity index (χ1n) is 6.36. The summed E-state index contributed by atoms with van der Waals surface area (Å²) in [6, 6.07) is 5.64. The maximum absolute atomic E-state index is 12.1. The molecule has 0 saturated carbocycles. The minimum Gasteiger partial charge on any atom is -0.395 e. The second-order valence-corrected chi connectivity index (χ2v) is 5.67. The summed E-state index contributed by atoms with van der Waals surface area (Å²) in [5.74, 6) is -0.850. The van der Waals surface area contributed by atoms with E-state index >= 15 is 0 Å². The topological polar surface area (TPSA) is 72.9 Å². The standard InChI is InChI=1S/C14H16BrN3O3/c1-17(2)12-4-3-9(15)7-10(12)16-11-8-13(20)18(5-6-19)14(11)21/h3-4,7-8,16,19H,5-6H2,1-2H3. The lowest BCUT2D eigenvalue weighted by Crippen LogP contribution is -2.34. The van der Waals surface area contributed by atoms with Gasteiger partial charge in [-0.25, -0.2) is 0 Å². The number of anilines is 2. The largest absolute Gasteiger partial charge is 0.395 e. The molecule has 0 atom stereocenters. The van der Waals surface area contributed by atoms with E-state index in [4.69, 9.17) is 5.11 Å². The second-order valence-electron chi connectivity index (χ2n) is 4.76. The zero-order valence-electron chi connectivity index (χ0n) is 11.8. The number of aliphatic hydroxyl groups excluding tert-OH is 1. The average molecular weight is 354 g/mol. The van der Waals surface area contributed by atoms with E-state index in [1.54, 1.807) is 0 Å². The molecule has 0 aliphatic carbocycles. The summed E-state index contributed by atoms with van der Waals surface area (Å²) in [5.41, 5.74) is 1.81. The van der Waals surface area contributed by atoms with Crippen LogP contribution in [0.1, 0.15) is 0 Å². The molecule has 2 amide bonds. The van der Waals surface area contributed by atoms with Crippen LogP contribution < -0.4 is 10.2 Å². The van der Waals surface area contributed by atoms with E-state index in [2.05, 4.69) is 21.2 Å². The van der Waals surface area contributed by atoms with Crippen molar-refractivity contribution in [2.24, 2.45) is 0 Å². The van der Waals surface area contributed by atoms with Crippen molar-refractivity contribution < 1.29 is 14.7 Å². The summed E-state index contributed by atoms with van der Waals surface area (Å²) in [7, 11) is 3.78. The van der Waals surface area contributed by atoms with Crippen molar-refractivity contribution in [3.63, 3.8) is 0 Å². The van der Waals surface area contributed by atoms with Crippen LogP contribution in [0.15, 0.2) is 34.4 Å². The highest BCUT2D eigenvalue weighted by Gasteiger charge is 2.31. The Morgan fingerprint density at radius 2 is 2.05 bits per heavy atom. The zero-order chi connectivity index (χ0) is 15.6. The fourth-order valence-corrected chi connectivity index (χ4v) is 2.41. The van der Waals surface area contributed by atoms with Crippen LogP contribution in [0.25, 0.3) is 0 Å². The van der Waals surface area contributed by atoms with Gasteiger partial charge in [0.05, 0.1) is 24.5 Å². The Bertz CT molecular complexity index is 613. The van der Waals surface area contributed by atoms with Crippen molar-refractivity contribution in [3.8, 4) is 0 Å². The molecule has 1 aliphatic heterocycles. The number of nitrogens with zero attached hydrogens (tertiary/aromatic N) is 2. The van der Waals surface area contributed by atoms with Gasteiger partial charge in [0.15, 0.2) is 0 Å². The summed E-state index contributed by atoms with van der Waals surface area (Å²) in [6.07, 6.45) is 1.25. The quantitative estimate of drug-likeness (QED) is 0.777. The maximum atomic E-state index is 12.1. The monoisotopic (exact) mass is 353 g/mol. The minimum atomic E-state index is -0.432. The molecule has 6 nitrogen and oxygen atoms in total. The highest BCUT2D eigenvalue weighted by Crippen LogP contribution is 2.30. The van der Waals surface area contributed by atoms with E-state index in [0.29, 0.717) is 5.69 Å². The van der Waals surface area contributed by atoms with E-state index < -0.39 is 11.8 Å². The number of hydrogen-bond acceptors (Lipinski definition) is 5. The number of nitrogens with one attached hydrogen (secondary N) is 1. The Balaban J connectivity index is 2.27. The van der Waals surface area contributed by atoms with E-state index in [-0.39, 0.29) is 18.8 Å². The normalized spacial score (nSPS) is 14.5. The van der Waals surface area contributed by atoms with Gasteiger partial charge in [-0.1, -0.05) is 15.9 Å². The van der Waals surface area contributed by atoms with Gasteiger partial charge in [0.25, 0.3) is 11.8 Å². The van der Waals surface area contributed by atoms with Gasteiger partial charge in [0, 0.05) is 24.6 Å². The van der Waals surface area contributed by atoms with Crippen LogP contribution in [0.5, 0.6) is 0 Å². The number of β-amino-alcohol motifs (C(OH)–C–C–N with tert-alkyl or cyclic N) is 1. The number of imide groups is 1. The van der Waals surface area contributed by atoms with E-state index in [9.17, 15) is 9.59 Å². The van der Waals surface area contributed by atoms with Gasteiger partial charge in [-0.15, -0.1) is 0 Å². The lowest BCUT2D eigenvalue weighted by Gasteiger charge is -2.19. The third kappa shape index (κ3) is 3.25. The molecule has 0 aromatic heterocycles. The zero-order valence-corrected chi connectivity index (χ0v) is 13.3. The summed E-state index contributed by atoms with van der Waals surface area (Å²) in [4.78, 5) is 26.7. The Morgan fingerprint density at radius 1 is 1.33 bits per heavy atom. The van der Waals surface area contributed by atoms with Crippen molar-refractivity contribution in [2.75, 3.05) is 37.5 Å². The van der Waals surface area contributed by atoms with Gasteiger partial charge in [-0.3, -0.25) is 14.5 Å². The number of amides is 2. The van der Waals surface area contributed by atoms with E-state index in [0.717, 1.165) is 15.1 Å². The number of rotatable bonds is 5. The Hall–Kier alpha value is -1.86. The lowest BCUT2D eigenvalue weighted by atomic mass is 10.2. The summed E-state index contributed by atoms with van der Waals surface area (Å²) in [5, 5.41) is 11.9. The Kier molecular flexibility index (Phi) is 4.64. The van der Waals surface area contributed by atoms with Gasteiger partial charge < -0.3 is 15.3 Å². The molecule has 1 aromatic carbocycles. The molecule has 21 heavy (non-hydrogen) atoms. The lowest BCUT2D eigenvalue weighted by molar-refractivity contribution is -0.137. The molecule has 1 aliphatic rings. The van der Waals surface area contributed by atoms with Crippen molar-refractivity contribution in [1.29, 1.82) is 0 Å². The van der Waals surface area contributed by atoms with Crippen LogP contribution in [0, 0.1) is 0 Å². The third-order valence-corrected chi connectivity index (χ3v) is 3.54. The van der Waals surface area contributed by atoms with Crippen molar-refractivity contribution in [3.05, 3.63) is 34.4 Å².